The third-order valence-electron chi connectivity index (χ3n) is 4.18. The Balaban J connectivity index is 1.73. The van der Waals surface area contributed by atoms with Gasteiger partial charge in [-0.2, -0.15) is 18.3 Å². The number of rotatable bonds is 5. The van der Waals surface area contributed by atoms with Gasteiger partial charge in [0.2, 0.25) is 11.7 Å². The number of aromatic nitrogens is 4. The lowest BCUT2D eigenvalue weighted by atomic mass is 10.0. The average Bonchev–Trinajstić information content (AvgIpc) is 3.36. The molecule has 0 spiro atoms. The van der Waals surface area contributed by atoms with Crippen molar-refractivity contribution in [2.75, 3.05) is 13.2 Å². The zero-order chi connectivity index (χ0) is 20.5. The highest BCUT2D eigenvalue weighted by molar-refractivity contribution is 9.10. The van der Waals surface area contributed by atoms with Crippen LogP contribution in [0.15, 0.2) is 53.5 Å². The molecule has 0 amide bonds. The predicted octanol–water partition coefficient (Wildman–Crippen LogP) is 4.15. The van der Waals surface area contributed by atoms with Crippen LogP contribution in [0.4, 0.5) is 13.2 Å². The number of hydrogen-bond acceptors (Lipinski definition) is 6. The second-order valence-electron chi connectivity index (χ2n) is 6.14. The van der Waals surface area contributed by atoms with Gasteiger partial charge in [-0.1, -0.05) is 15.9 Å². The number of pyridine rings is 1. The molecule has 0 saturated carbocycles. The first-order valence-corrected chi connectivity index (χ1v) is 9.27. The predicted molar refractivity (Wildman–Crippen MR) is 97.1 cm³/mol. The van der Waals surface area contributed by atoms with Crippen LogP contribution in [0.5, 0.6) is 11.6 Å². The normalized spacial score (nSPS) is 16.1. The monoisotopic (exact) mass is 470 g/mol. The lowest BCUT2D eigenvalue weighted by Crippen LogP contribution is -2.36. The van der Waals surface area contributed by atoms with Crippen LogP contribution in [-0.2, 0) is 28.0 Å². The van der Waals surface area contributed by atoms with Gasteiger partial charge in [0.05, 0.1) is 13.2 Å². The maximum Gasteiger partial charge on any atom is 0.433 e. The fraction of sp³-hybridized carbons (Fsp3) is 0.278. The highest BCUT2D eigenvalue weighted by atomic mass is 79.9. The molecule has 4 rings (SSSR count). The van der Waals surface area contributed by atoms with E-state index in [-0.39, 0.29) is 31.2 Å². The molecule has 0 aliphatic carbocycles. The van der Waals surface area contributed by atoms with Crippen molar-refractivity contribution in [2.45, 2.75) is 18.5 Å². The first kappa shape index (κ1) is 19.8. The van der Waals surface area contributed by atoms with Crippen molar-refractivity contribution in [3.8, 4) is 11.6 Å². The third kappa shape index (κ3) is 4.26. The second kappa shape index (κ2) is 7.73. The van der Waals surface area contributed by atoms with Gasteiger partial charge in [0.15, 0.2) is 5.69 Å². The van der Waals surface area contributed by atoms with Crippen molar-refractivity contribution in [3.05, 3.63) is 64.8 Å². The third-order valence-corrected chi connectivity index (χ3v) is 4.70. The van der Waals surface area contributed by atoms with Crippen LogP contribution in [0, 0.1) is 0 Å². The standard InChI is InChI=1S/C18H14BrF3N4O3/c19-12-1-3-13(4-2-12)29-15-6-5-14(16(25-15)18(20,21)22)17(27-7-8-28-17)9-26-11-23-10-24-26/h1-6,10-11H,7-9H2. The molecule has 1 aromatic carbocycles. The van der Waals surface area contributed by atoms with Gasteiger partial charge >= 0.3 is 6.18 Å². The van der Waals surface area contributed by atoms with E-state index in [0.717, 1.165) is 4.47 Å². The Kier molecular flexibility index (Phi) is 5.28. The summed E-state index contributed by atoms with van der Waals surface area (Å²) in [5, 5.41) is 3.94. The highest BCUT2D eigenvalue weighted by Crippen LogP contribution is 2.42. The quantitative estimate of drug-likeness (QED) is 0.557. The summed E-state index contributed by atoms with van der Waals surface area (Å²) in [7, 11) is 0. The van der Waals surface area contributed by atoms with Crippen LogP contribution in [0.3, 0.4) is 0 Å². The average molecular weight is 471 g/mol. The number of hydrogen-bond donors (Lipinski definition) is 0. The smallest absolute Gasteiger partial charge is 0.433 e. The number of alkyl halides is 3. The molecule has 0 atom stereocenters. The zero-order valence-corrected chi connectivity index (χ0v) is 16.4. The molecule has 3 heterocycles. The minimum Gasteiger partial charge on any atom is -0.439 e. The van der Waals surface area contributed by atoms with E-state index >= 15 is 0 Å². The Labute approximate surface area is 171 Å². The summed E-state index contributed by atoms with van der Waals surface area (Å²) in [6, 6.07) is 9.25. The number of ether oxygens (including phenoxy) is 3. The molecule has 7 nitrogen and oxygen atoms in total. The summed E-state index contributed by atoms with van der Waals surface area (Å²) in [5.74, 6) is -1.52. The van der Waals surface area contributed by atoms with Crippen LogP contribution >= 0.6 is 15.9 Å². The molecule has 29 heavy (non-hydrogen) atoms. The van der Waals surface area contributed by atoms with Crippen LogP contribution in [-0.4, -0.2) is 33.0 Å². The summed E-state index contributed by atoms with van der Waals surface area (Å²) < 4.78 is 60.4. The molecule has 0 radical (unpaired) electrons. The van der Waals surface area contributed by atoms with Crippen LogP contribution in [0.2, 0.25) is 0 Å². The van der Waals surface area contributed by atoms with Crippen molar-refractivity contribution >= 4 is 15.9 Å². The Hall–Kier alpha value is -2.50. The van der Waals surface area contributed by atoms with E-state index in [1.807, 2.05) is 0 Å². The molecule has 3 aromatic rings. The fourth-order valence-electron chi connectivity index (χ4n) is 2.96. The van der Waals surface area contributed by atoms with Crippen molar-refractivity contribution in [1.29, 1.82) is 0 Å². The van der Waals surface area contributed by atoms with E-state index in [1.165, 1.54) is 29.5 Å². The van der Waals surface area contributed by atoms with Gasteiger partial charge in [-0.15, -0.1) is 0 Å². The minimum atomic E-state index is -4.75. The SMILES string of the molecule is FC(F)(F)c1nc(Oc2ccc(Br)cc2)ccc1C1(Cn2cncn2)OCCO1. The first-order valence-electron chi connectivity index (χ1n) is 8.48. The van der Waals surface area contributed by atoms with E-state index in [9.17, 15) is 13.2 Å². The van der Waals surface area contributed by atoms with Crippen molar-refractivity contribution < 1.29 is 27.4 Å². The van der Waals surface area contributed by atoms with Crippen LogP contribution in [0.1, 0.15) is 11.3 Å². The second-order valence-corrected chi connectivity index (χ2v) is 7.06. The van der Waals surface area contributed by atoms with E-state index in [4.69, 9.17) is 14.2 Å². The summed E-state index contributed by atoms with van der Waals surface area (Å²) in [6.07, 6.45) is -2.10. The Morgan fingerprint density at radius 3 is 2.45 bits per heavy atom. The van der Waals surface area contributed by atoms with E-state index in [0.29, 0.717) is 5.75 Å². The molecule has 152 valence electrons. The van der Waals surface area contributed by atoms with Crippen molar-refractivity contribution in [3.63, 3.8) is 0 Å². The largest absolute Gasteiger partial charge is 0.439 e. The maximum absolute atomic E-state index is 13.9. The van der Waals surface area contributed by atoms with E-state index in [2.05, 4.69) is 31.0 Å². The van der Waals surface area contributed by atoms with Crippen molar-refractivity contribution in [1.82, 2.24) is 19.7 Å². The summed E-state index contributed by atoms with van der Waals surface area (Å²) >= 11 is 3.29. The Morgan fingerprint density at radius 1 is 1.10 bits per heavy atom. The van der Waals surface area contributed by atoms with E-state index in [1.54, 1.807) is 24.3 Å². The summed E-state index contributed by atoms with van der Waals surface area (Å²) in [4.78, 5) is 7.52. The van der Waals surface area contributed by atoms with Gasteiger partial charge in [-0.25, -0.2) is 14.6 Å². The van der Waals surface area contributed by atoms with Crippen LogP contribution < -0.4 is 4.74 Å². The van der Waals surface area contributed by atoms with Gasteiger partial charge in [0, 0.05) is 16.1 Å². The van der Waals surface area contributed by atoms with Gasteiger partial charge in [-0.3, -0.25) is 0 Å². The molecule has 1 aliphatic rings. The zero-order valence-electron chi connectivity index (χ0n) is 14.8. The topological polar surface area (TPSA) is 71.3 Å². The molecule has 1 saturated heterocycles. The Bertz CT molecular complexity index is 975. The molecule has 0 unspecified atom stereocenters. The number of benzene rings is 1. The van der Waals surface area contributed by atoms with E-state index < -0.39 is 17.7 Å². The molecule has 0 bridgehead atoms. The summed E-state index contributed by atoms with van der Waals surface area (Å²) in [5.41, 5.74) is -1.39. The highest BCUT2D eigenvalue weighted by Gasteiger charge is 2.48. The Morgan fingerprint density at radius 2 is 1.83 bits per heavy atom. The number of nitrogens with zero attached hydrogens (tertiary/aromatic N) is 4. The van der Waals surface area contributed by atoms with Gasteiger partial charge in [0.25, 0.3) is 0 Å². The maximum atomic E-state index is 13.9. The molecule has 0 N–H and O–H groups in total. The van der Waals surface area contributed by atoms with Gasteiger partial charge in [0.1, 0.15) is 24.9 Å². The van der Waals surface area contributed by atoms with Gasteiger partial charge in [-0.05, 0) is 30.3 Å². The molecule has 11 heteroatoms. The molecule has 1 aliphatic heterocycles. The first-order chi connectivity index (χ1) is 13.9. The lowest BCUT2D eigenvalue weighted by molar-refractivity contribution is -0.189. The van der Waals surface area contributed by atoms with Crippen LogP contribution in [0.25, 0.3) is 0 Å². The van der Waals surface area contributed by atoms with Crippen molar-refractivity contribution in [2.24, 2.45) is 0 Å². The lowest BCUT2D eigenvalue weighted by Gasteiger charge is -2.29. The van der Waals surface area contributed by atoms with Gasteiger partial charge < -0.3 is 14.2 Å². The fourth-order valence-corrected chi connectivity index (χ4v) is 3.22. The molecular formula is C18H14BrF3N4O3. The minimum absolute atomic E-state index is 0.106. The number of halogens is 4. The molecule has 2 aromatic heterocycles. The molecule has 1 fully saturated rings. The molecular weight excluding hydrogens is 457 g/mol. The summed E-state index contributed by atoms with van der Waals surface area (Å²) in [6.45, 7) is 0.178.